The van der Waals surface area contributed by atoms with E-state index < -0.39 is 20.0 Å². The van der Waals surface area contributed by atoms with E-state index in [4.69, 9.17) is 4.74 Å². The number of ether oxygens (including phenoxy) is 1. The van der Waals surface area contributed by atoms with E-state index in [0.717, 1.165) is 10.6 Å². The molecule has 126 valence electrons. The number of para-hydroxylation sites is 2. The van der Waals surface area contributed by atoms with Crippen LogP contribution in [0.25, 0.3) is 0 Å². The van der Waals surface area contributed by atoms with Crippen LogP contribution in [0.1, 0.15) is 13.8 Å². The van der Waals surface area contributed by atoms with Crippen LogP contribution in [0.15, 0.2) is 24.3 Å². The van der Waals surface area contributed by atoms with Crippen LogP contribution in [0.4, 0.5) is 5.69 Å². The summed E-state index contributed by atoms with van der Waals surface area (Å²) in [6, 6.07) is 6.74. The first kappa shape index (κ1) is 18.7. The second kappa shape index (κ2) is 7.80. The van der Waals surface area contributed by atoms with Gasteiger partial charge in [0.1, 0.15) is 5.75 Å². The van der Waals surface area contributed by atoms with Crippen LogP contribution in [0.5, 0.6) is 5.75 Å². The van der Waals surface area contributed by atoms with E-state index in [9.17, 15) is 16.8 Å². The molecule has 0 aliphatic rings. The Morgan fingerprint density at radius 2 is 1.77 bits per heavy atom. The van der Waals surface area contributed by atoms with Gasteiger partial charge in [0.05, 0.1) is 24.3 Å². The fourth-order valence-corrected chi connectivity index (χ4v) is 3.35. The molecule has 0 fully saturated rings. The largest absolute Gasteiger partial charge is 0.492 e. The maximum atomic E-state index is 12.0. The molecule has 0 atom stereocenters. The molecule has 0 bridgehead atoms. The summed E-state index contributed by atoms with van der Waals surface area (Å²) in [6.45, 7) is 3.70. The van der Waals surface area contributed by atoms with E-state index in [-0.39, 0.29) is 18.8 Å². The van der Waals surface area contributed by atoms with Crippen molar-refractivity contribution in [2.24, 2.45) is 0 Å². The molecule has 1 N–H and O–H groups in total. The normalized spacial score (nSPS) is 12.1. The van der Waals surface area contributed by atoms with Gasteiger partial charge in [0.25, 0.3) is 0 Å². The highest BCUT2D eigenvalue weighted by Crippen LogP contribution is 2.29. The third kappa shape index (κ3) is 5.47. The van der Waals surface area contributed by atoms with Crippen LogP contribution in [-0.2, 0) is 20.0 Å². The van der Waals surface area contributed by atoms with Crippen molar-refractivity contribution in [2.75, 3.05) is 36.0 Å². The summed E-state index contributed by atoms with van der Waals surface area (Å²) >= 11 is 0. The molecule has 0 aliphatic carbocycles. The predicted molar refractivity (Wildman–Crippen MR) is 87.3 cm³/mol. The van der Waals surface area contributed by atoms with E-state index in [1.807, 2.05) is 0 Å². The molecule has 0 aliphatic heterocycles. The van der Waals surface area contributed by atoms with Gasteiger partial charge in [-0.15, -0.1) is 0 Å². The number of hydrogen-bond donors (Lipinski definition) is 1. The van der Waals surface area contributed by atoms with Crippen molar-refractivity contribution < 1.29 is 21.6 Å². The van der Waals surface area contributed by atoms with E-state index in [2.05, 4.69) is 4.72 Å². The topological polar surface area (TPSA) is 92.8 Å². The predicted octanol–water partition coefficient (Wildman–Crippen LogP) is 0.791. The van der Waals surface area contributed by atoms with Gasteiger partial charge in [0, 0.05) is 13.1 Å². The van der Waals surface area contributed by atoms with Crippen LogP contribution in [0.3, 0.4) is 0 Å². The molecular weight excluding hydrogens is 328 g/mol. The number of sulfonamides is 2. The monoisotopic (exact) mass is 350 g/mol. The lowest BCUT2D eigenvalue weighted by Crippen LogP contribution is -2.38. The van der Waals surface area contributed by atoms with Crippen LogP contribution in [0, 0.1) is 0 Å². The highest BCUT2D eigenvalue weighted by molar-refractivity contribution is 7.92. The Morgan fingerprint density at radius 1 is 1.14 bits per heavy atom. The molecule has 0 spiro atoms. The molecule has 0 unspecified atom stereocenters. The van der Waals surface area contributed by atoms with Gasteiger partial charge < -0.3 is 4.74 Å². The minimum Gasteiger partial charge on any atom is -0.492 e. The SMILES string of the molecule is CCOc1ccccc1N(CCNS(=O)(=O)CC)S(C)(=O)=O. The summed E-state index contributed by atoms with van der Waals surface area (Å²) in [6.07, 6.45) is 1.07. The molecule has 9 heteroatoms. The number of benzene rings is 1. The molecule has 1 aromatic rings. The minimum atomic E-state index is -3.56. The van der Waals surface area contributed by atoms with Gasteiger partial charge in [0.15, 0.2) is 0 Å². The second-order valence-corrected chi connectivity index (χ2v) is 8.54. The van der Waals surface area contributed by atoms with Gasteiger partial charge >= 0.3 is 0 Å². The van der Waals surface area contributed by atoms with Crippen molar-refractivity contribution in [3.63, 3.8) is 0 Å². The molecule has 0 aromatic heterocycles. The quantitative estimate of drug-likeness (QED) is 0.711. The Kier molecular flexibility index (Phi) is 6.64. The van der Waals surface area contributed by atoms with E-state index in [1.165, 1.54) is 6.92 Å². The van der Waals surface area contributed by atoms with Crippen LogP contribution >= 0.6 is 0 Å². The fraction of sp³-hybridized carbons (Fsp3) is 0.538. The Morgan fingerprint density at radius 3 is 2.32 bits per heavy atom. The smallest absolute Gasteiger partial charge is 0.232 e. The maximum Gasteiger partial charge on any atom is 0.232 e. The van der Waals surface area contributed by atoms with Crippen molar-refractivity contribution >= 4 is 25.7 Å². The zero-order valence-corrected chi connectivity index (χ0v) is 14.6. The molecular formula is C13H22N2O5S2. The summed E-state index contributed by atoms with van der Waals surface area (Å²) < 4.78 is 55.8. The third-order valence-electron chi connectivity index (χ3n) is 2.85. The molecule has 0 saturated heterocycles. The van der Waals surface area contributed by atoms with Gasteiger partial charge in [-0.25, -0.2) is 21.6 Å². The number of hydrogen-bond acceptors (Lipinski definition) is 5. The van der Waals surface area contributed by atoms with Crippen molar-refractivity contribution in [2.45, 2.75) is 13.8 Å². The number of nitrogens with zero attached hydrogens (tertiary/aromatic N) is 1. The lowest BCUT2D eigenvalue weighted by molar-refractivity contribution is 0.341. The van der Waals surface area contributed by atoms with Crippen LogP contribution in [0.2, 0.25) is 0 Å². The lowest BCUT2D eigenvalue weighted by atomic mass is 10.3. The maximum absolute atomic E-state index is 12.0. The lowest BCUT2D eigenvalue weighted by Gasteiger charge is -2.24. The van der Waals surface area contributed by atoms with Crippen molar-refractivity contribution in [3.05, 3.63) is 24.3 Å². The summed E-state index contributed by atoms with van der Waals surface area (Å²) in [5, 5.41) is 0. The number of anilines is 1. The third-order valence-corrected chi connectivity index (χ3v) is 5.43. The number of rotatable bonds is 9. The Hall–Kier alpha value is -1.32. The highest BCUT2D eigenvalue weighted by Gasteiger charge is 2.21. The summed E-state index contributed by atoms with van der Waals surface area (Å²) in [4.78, 5) is 0. The molecule has 22 heavy (non-hydrogen) atoms. The van der Waals surface area contributed by atoms with Crippen molar-refractivity contribution in [1.29, 1.82) is 0 Å². The Bertz CT molecular complexity index is 686. The van der Waals surface area contributed by atoms with E-state index >= 15 is 0 Å². The van der Waals surface area contributed by atoms with Gasteiger partial charge in [-0.1, -0.05) is 12.1 Å². The summed E-state index contributed by atoms with van der Waals surface area (Å²) in [5.74, 6) is 0.385. The van der Waals surface area contributed by atoms with Crippen molar-refractivity contribution in [1.82, 2.24) is 4.72 Å². The molecule has 1 rings (SSSR count). The highest BCUT2D eigenvalue weighted by atomic mass is 32.2. The fourth-order valence-electron chi connectivity index (χ4n) is 1.81. The minimum absolute atomic E-state index is 0.0102. The van der Waals surface area contributed by atoms with E-state index in [1.54, 1.807) is 31.2 Å². The second-order valence-electron chi connectivity index (χ2n) is 4.53. The van der Waals surface area contributed by atoms with Gasteiger partial charge in [0.2, 0.25) is 20.0 Å². The molecule has 0 heterocycles. The van der Waals surface area contributed by atoms with E-state index in [0.29, 0.717) is 18.0 Å². The Balaban J connectivity index is 3.01. The first-order chi connectivity index (χ1) is 10.2. The standard InChI is InChI=1S/C13H22N2O5S2/c1-4-20-13-9-7-6-8-12(13)15(21(3,16)17)11-10-14-22(18,19)5-2/h6-9,14H,4-5,10-11H2,1-3H3. The first-order valence-electron chi connectivity index (χ1n) is 6.88. The van der Waals surface area contributed by atoms with Crippen LogP contribution < -0.4 is 13.8 Å². The van der Waals surface area contributed by atoms with Crippen molar-refractivity contribution in [3.8, 4) is 5.75 Å². The first-order valence-corrected chi connectivity index (χ1v) is 10.4. The Labute approximate surface area is 132 Å². The van der Waals surface area contributed by atoms with Gasteiger partial charge in [-0.05, 0) is 26.0 Å². The average molecular weight is 350 g/mol. The number of nitrogens with one attached hydrogen (secondary N) is 1. The summed E-state index contributed by atoms with van der Waals surface area (Å²) in [5.41, 5.74) is 0.391. The molecule has 0 amide bonds. The molecule has 1 aromatic carbocycles. The van der Waals surface area contributed by atoms with Crippen LogP contribution in [-0.4, -0.2) is 48.5 Å². The van der Waals surface area contributed by atoms with Gasteiger partial charge in [-0.3, -0.25) is 4.31 Å². The molecule has 0 saturated carbocycles. The average Bonchev–Trinajstić information content (AvgIpc) is 2.44. The molecule has 7 nitrogen and oxygen atoms in total. The van der Waals surface area contributed by atoms with Gasteiger partial charge in [-0.2, -0.15) is 0 Å². The summed E-state index contributed by atoms with van der Waals surface area (Å²) in [7, 11) is -6.93. The molecule has 0 radical (unpaired) electrons. The zero-order valence-electron chi connectivity index (χ0n) is 12.9. The zero-order chi connectivity index (χ0) is 16.8.